The Balaban J connectivity index is 1.41. The van der Waals surface area contributed by atoms with Crippen LogP contribution < -0.4 is 4.90 Å². The third kappa shape index (κ3) is 2.67. The Hall–Kier alpha value is -2.08. The molecule has 2 fully saturated rings. The van der Waals surface area contributed by atoms with Crippen molar-refractivity contribution in [1.82, 2.24) is 14.9 Å². The van der Waals surface area contributed by atoms with Crippen molar-refractivity contribution in [2.45, 2.75) is 50.7 Å². The van der Waals surface area contributed by atoms with Gasteiger partial charge in [-0.15, -0.1) is 0 Å². The zero-order chi connectivity index (χ0) is 17.7. The zero-order valence-corrected chi connectivity index (χ0v) is 14.7. The summed E-state index contributed by atoms with van der Waals surface area (Å²) in [5.74, 6) is -0.691. The van der Waals surface area contributed by atoms with Crippen molar-refractivity contribution < 1.29 is 8.78 Å². The van der Waals surface area contributed by atoms with E-state index in [2.05, 4.69) is 14.8 Å². The number of aromatic nitrogens is 2. The first-order chi connectivity index (χ1) is 12.7. The Morgan fingerprint density at radius 1 is 1.08 bits per heavy atom. The van der Waals surface area contributed by atoms with Crippen LogP contribution in [0.4, 0.5) is 14.7 Å². The molecule has 26 heavy (non-hydrogen) atoms. The van der Waals surface area contributed by atoms with Crippen LogP contribution in [0.15, 0.2) is 24.4 Å². The predicted octanol–water partition coefficient (Wildman–Crippen LogP) is 3.62. The molecule has 3 aliphatic heterocycles. The van der Waals surface area contributed by atoms with Crippen molar-refractivity contribution in [3.63, 3.8) is 0 Å². The topological polar surface area (TPSA) is 32.3 Å². The lowest BCUT2D eigenvalue weighted by molar-refractivity contribution is 0.166. The fourth-order valence-corrected chi connectivity index (χ4v) is 4.73. The van der Waals surface area contributed by atoms with Crippen LogP contribution >= 0.6 is 0 Å². The van der Waals surface area contributed by atoms with Crippen molar-refractivity contribution in [2.24, 2.45) is 0 Å². The fraction of sp³-hybridized carbons (Fsp3) is 0.500. The highest BCUT2D eigenvalue weighted by Gasteiger charge is 2.41. The molecule has 6 heteroatoms. The summed E-state index contributed by atoms with van der Waals surface area (Å²) >= 11 is 0. The number of hydrogen-bond acceptors (Lipinski definition) is 4. The molecule has 0 N–H and O–H groups in total. The number of benzene rings is 1. The molecule has 2 atom stereocenters. The van der Waals surface area contributed by atoms with Gasteiger partial charge in [0.05, 0.1) is 5.69 Å². The third-order valence-electron chi connectivity index (χ3n) is 6.06. The molecular weight excluding hydrogens is 334 g/mol. The van der Waals surface area contributed by atoms with E-state index in [0.29, 0.717) is 12.6 Å². The Morgan fingerprint density at radius 3 is 2.73 bits per heavy atom. The maximum atomic E-state index is 13.6. The van der Waals surface area contributed by atoms with Gasteiger partial charge in [-0.2, -0.15) is 0 Å². The van der Waals surface area contributed by atoms with Crippen LogP contribution in [0.2, 0.25) is 0 Å². The Labute approximate surface area is 151 Å². The maximum absolute atomic E-state index is 13.6. The Kier molecular flexibility index (Phi) is 3.89. The number of hydrogen-bond donors (Lipinski definition) is 0. The van der Waals surface area contributed by atoms with Crippen LogP contribution in [-0.4, -0.2) is 34.0 Å². The summed E-state index contributed by atoms with van der Waals surface area (Å²) < 4.78 is 26.8. The first-order valence-corrected chi connectivity index (χ1v) is 9.49. The lowest BCUT2D eigenvalue weighted by Gasteiger charge is -2.36. The number of fused-ring (bicyclic) bond motifs is 4. The SMILES string of the molecule is Fc1ccc(CN2C3CCC2c2cnc(N4CCCC4)nc2C3)cc1F. The van der Waals surface area contributed by atoms with E-state index in [-0.39, 0.29) is 6.04 Å². The van der Waals surface area contributed by atoms with Crippen molar-refractivity contribution in [2.75, 3.05) is 18.0 Å². The minimum Gasteiger partial charge on any atom is -0.341 e. The standard InChI is InChI=1S/C20H22F2N4/c21-16-5-3-13(9-17(16)22)12-26-14-4-6-19(26)15-11-23-20(24-18(15)10-14)25-7-1-2-8-25/h3,5,9,11,14,19H,1-2,4,6-8,10,12H2. The summed E-state index contributed by atoms with van der Waals surface area (Å²) in [6, 6.07) is 4.92. The van der Waals surface area contributed by atoms with Crippen LogP contribution in [0.5, 0.6) is 0 Å². The van der Waals surface area contributed by atoms with Gasteiger partial charge in [-0.3, -0.25) is 4.90 Å². The highest BCUT2D eigenvalue weighted by molar-refractivity contribution is 5.38. The summed E-state index contributed by atoms with van der Waals surface area (Å²) in [6.07, 6.45) is 7.54. The number of anilines is 1. The normalized spacial score (nSPS) is 24.9. The molecule has 5 rings (SSSR count). The van der Waals surface area contributed by atoms with Crippen LogP contribution in [0.3, 0.4) is 0 Å². The van der Waals surface area contributed by atoms with Gasteiger partial charge in [0.25, 0.3) is 0 Å². The molecule has 136 valence electrons. The molecule has 1 aromatic heterocycles. The first kappa shape index (κ1) is 16.1. The van der Waals surface area contributed by atoms with Crippen LogP contribution in [0.25, 0.3) is 0 Å². The average Bonchev–Trinajstić information content (AvgIpc) is 3.26. The molecule has 0 radical (unpaired) electrons. The van der Waals surface area contributed by atoms with Gasteiger partial charge in [-0.1, -0.05) is 6.07 Å². The smallest absolute Gasteiger partial charge is 0.225 e. The average molecular weight is 356 g/mol. The maximum Gasteiger partial charge on any atom is 0.225 e. The van der Waals surface area contributed by atoms with Gasteiger partial charge in [-0.25, -0.2) is 18.7 Å². The molecule has 2 unspecified atom stereocenters. The second-order valence-electron chi connectivity index (χ2n) is 7.64. The van der Waals surface area contributed by atoms with Gasteiger partial charge in [-0.05, 0) is 43.4 Å². The Morgan fingerprint density at radius 2 is 1.92 bits per heavy atom. The van der Waals surface area contributed by atoms with E-state index in [1.54, 1.807) is 6.07 Å². The third-order valence-corrected chi connectivity index (χ3v) is 6.06. The van der Waals surface area contributed by atoms with E-state index in [1.165, 1.54) is 36.2 Å². The zero-order valence-electron chi connectivity index (χ0n) is 14.7. The monoisotopic (exact) mass is 356 g/mol. The fourth-order valence-electron chi connectivity index (χ4n) is 4.73. The minimum absolute atomic E-state index is 0.282. The van der Waals surface area contributed by atoms with Crippen LogP contribution in [-0.2, 0) is 13.0 Å². The lowest BCUT2D eigenvalue weighted by atomic mass is 9.98. The molecule has 0 saturated carbocycles. The lowest BCUT2D eigenvalue weighted by Crippen LogP contribution is -2.38. The quantitative estimate of drug-likeness (QED) is 0.841. The summed E-state index contributed by atoms with van der Waals surface area (Å²) in [7, 11) is 0. The van der Waals surface area contributed by atoms with Crippen molar-refractivity contribution >= 4 is 5.95 Å². The Bertz CT molecular complexity index is 835. The predicted molar refractivity (Wildman–Crippen MR) is 94.8 cm³/mol. The van der Waals surface area contributed by atoms with E-state index in [0.717, 1.165) is 43.9 Å². The molecule has 3 aliphatic rings. The highest BCUT2D eigenvalue weighted by atomic mass is 19.2. The molecule has 2 saturated heterocycles. The molecule has 2 aromatic rings. The van der Waals surface area contributed by atoms with E-state index in [9.17, 15) is 8.78 Å². The molecule has 0 spiro atoms. The van der Waals surface area contributed by atoms with E-state index in [4.69, 9.17) is 4.98 Å². The van der Waals surface area contributed by atoms with E-state index >= 15 is 0 Å². The molecule has 1 aromatic carbocycles. The van der Waals surface area contributed by atoms with Gasteiger partial charge < -0.3 is 4.90 Å². The van der Waals surface area contributed by atoms with Crippen LogP contribution in [0, 0.1) is 11.6 Å². The van der Waals surface area contributed by atoms with Gasteiger partial charge in [0.15, 0.2) is 11.6 Å². The molecular formula is C20H22F2N4. The molecule has 0 aliphatic carbocycles. The molecule has 0 amide bonds. The highest BCUT2D eigenvalue weighted by Crippen LogP contribution is 2.44. The number of rotatable bonds is 3. The largest absolute Gasteiger partial charge is 0.341 e. The summed E-state index contributed by atoms with van der Waals surface area (Å²) in [4.78, 5) is 14.2. The number of nitrogens with zero attached hydrogens (tertiary/aromatic N) is 4. The van der Waals surface area contributed by atoms with Crippen molar-refractivity contribution in [3.8, 4) is 0 Å². The summed E-state index contributed by atoms with van der Waals surface area (Å²) in [5, 5.41) is 0. The first-order valence-electron chi connectivity index (χ1n) is 9.49. The van der Waals surface area contributed by atoms with E-state index in [1.807, 2.05) is 6.20 Å². The second kappa shape index (κ2) is 6.27. The molecule has 4 nitrogen and oxygen atoms in total. The van der Waals surface area contributed by atoms with E-state index < -0.39 is 11.6 Å². The molecule has 2 bridgehead atoms. The summed E-state index contributed by atoms with van der Waals surface area (Å²) in [6.45, 7) is 2.74. The van der Waals surface area contributed by atoms with Crippen LogP contribution in [0.1, 0.15) is 48.5 Å². The van der Waals surface area contributed by atoms with Gasteiger partial charge in [0.2, 0.25) is 5.95 Å². The summed E-state index contributed by atoms with van der Waals surface area (Å²) in [5.41, 5.74) is 3.21. The number of halogens is 2. The van der Waals surface area contributed by atoms with Crippen molar-refractivity contribution in [3.05, 3.63) is 52.9 Å². The van der Waals surface area contributed by atoms with Gasteiger partial charge >= 0.3 is 0 Å². The minimum atomic E-state index is -0.788. The van der Waals surface area contributed by atoms with Gasteiger partial charge in [0.1, 0.15) is 0 Å². The second-order valence-corrected chi connectivity index (χ2v) is 7.64. The van der Waals surface area contributed by atoms with Crippen molar-refractivity contribution in [1.29, 1.82) is 0 Å². The molecule has 4 heterocycles. The van der Waals surface area contributed by atoms with Gasteiger partial charge in [0, 0.05) is 49.9 Å².